The Labute approximate surface area is 105 Å². The number of fused-ring (bicyclic) bond motifs is 1. The summed E-state index contributed by atoms with van der Waals surface area (Å²) < 4.78 is 28.5. The number of nitrogens with zero attached hydrogens (tertiary/aromatic N) is 3. The molecule has 0 unspecified atom stereocenters. The summed E-state index contributed by atoms with van der Waals surface area (Å²) in [6.07, 6.45) is 0.657. The summed E-state index contributed by atoms with van der Waals surface area (Å²) in [4.78, 5) is 2.13. The minimum Gasteiger partial charge on any atom is -0.306 e. The molecule has 18 heavy (non-hydrogen) atoms. The van der Waals surface area contributed by atoms with Crippen molar-refractivity contribution in [2.45, 2.75) is 13.3 Å². The van der Waals surface area contributed by atoms with Crippen LogP contribution in [0.15, 0.2) is 12.1 Å². The quantitative estimate of drug-likeness (QED) is 0.834. The summed E-state index contributed by atoms with van der Waals surface area (Å²) in [5.74, 6) is -1.10. The van der Waals surface area contributed by atoms with Gasteiger partial charge in [-0.15, -0.1) is 0 Å². The predicted molar refractivity (Wildman–Crippen MR) is 67.5 cm³/mol. The zero-order chi connectivity index (χ0) is 13.3. The van der Waals surface area contributed by atoms with E-state index in [1.165, 1.54) is 10.7 Å². The van der Waals surface area contributed by atoms with Crippen LogP contribution in [-0.2, 0) is 13.5 Å². The van der Waals surface area contributed by atoms with Crippen LogP contribution in [0.5, 0.6) is 0 Å². The number of aryl methyl sites for hydroxylation is 1. The fourth-order valence-electron chi connectivity index (χ4n) is 2.02. The first kappa shape index (κ1) is 13.0. The Kier molecular flexibility index (Phi) is 3.61. The highest BCUT2D eigenvalue weighted by atomic mass is 19.1. The minimum absolute atomic E-state index is 0.434. The van der Waals surface area contributed by atoms with Crippen LogP contribution < -0.4 is 0 Å². The van der Waals surface area contributed by atoms with Crippen molar-refractivity contribution in [3.63, 3.8) is 0 Å². The average Bonchev–Trinajstić information content (AvgIpc) is 2.63. The van der Waals surface area contributed by atoms with E-state index in [-0.39, 0.29) is 0 Å². The normalized spacial score (nSPS) is 11.7. The molecule has 0 aliphatic carbocycles. The molecule has 0 fully saturated rings. The molecule has 0 spiro atoms. The highest BCUT2D eigenvalue weighted by Gasteiger charge is 2.14. The molecule has 0 aliphatic heterocycles. The van der Waals surface area contributed by atoms with E-state index in [1.54, 1.807) is 7.05 Å². The zero-order valence-corrected chi connectivity index (χ0v) is 10.9. The Morgan fingerprint density at radius 1 is 1.33 bits per heavy atom. The Morgan fingerprint density at radius 2 is 2.06 bits per heavy atom. The average molecular weight is 253 g/mol. The lowest BCUT2D eigenvalue weighted by molar-refractivity contribution is 0.356. The summed E-state index contributed by atoms with van der Waals surface area (Å²) in [5.41, 5.74) is 1.19. The first-order chi connectivity index (χ1) is 8.52. The summed E-state index contributed by atoms with van der Waals surface area (Å²) in [6, 6.07) is 2.23. The number of halogens is 2. The Bertz CT molecular complexity index is 563. The van der Waals surface area contributed by atoms with Gasteiger partial charge in [0.1, 0.15) is 11.6 Å². The summed E-state index contributed by atoms with van der Waals surface area (Å²) in [6.45, 7) is 3.80. The van der Waals surface area contributed by atoms with E-state index >= 15 is 0 Å². The second-order valence-corrected chi connectivity index (χ2v) is 4.50. The maximum Gasteiger partial charge on any atom is 0.137 e. The number of hydrogen-bond donors (Lipinski definition) is 0. The molecule has 3 nitrogen and oxygen atoms in total. The molecule has 0 radical (unpaired) electrons. The monoisotopic (exact) mass is 253 g/mol. The molecule has 1 aromatic heterocycles. The van der Waals surface area contributed by atoms with E-state index in [1.807, 2.05) is 7.05 Å². The van der Waals surface area contributed by atoms with Gasteiger partial charge in [0.15, 0.2) is 0 Å². The van der Waals surface area contributed by atoms with Gasteiger partial charge in [0, 0.05) is 26.1 Å². The van der Waals surface area contributed by atoms with Crippen LogP contribution in [-0.4, -0.2) is 34.8 Å². The van der Waals surface area contributed by atoms with Crippen LogP contribution in [0.1, 0.15) is 12.6 Å². The van der Waals surface area contributed by atoms with Crippen LogP contribution in [0.2, 0.25) is 0 Å². The molecular weight excluding hydrogens is 236 g/mol. The van der Waals surface area contributed by atoms with Crippen molar-refractivity contribution in [2.75, 3.05) is 20.1 Å². The van der Waals surface area contributed by atoms with Gasteiger partial charge < -0.3 is 4.90 Å². The van der Waals surface area contributed by atoms with E-state index < -0.39 is 11.6 Å². The van der Waals surface area contributed by atoms with Gasteiger partial charge in [0.05, 0.1) is 16.6 Å². The highest BCUT2D eigenvalue weighted by molar-refractivity contribution is 5.82. The maximum absolute atomic E-state index is 13.8. The van der Waals surface area contributed by atoms with Crippen LogP contribution in [0.4, 0.5) is 8.78 Å². The van der Waals surface area contributed by atoms with Crippen molar-refractivity contribution in [3.8, 4) is 0 Å². The molecule has 2 rings (SSSR count). The standard InChI is InChI=1S/C13H17F2N3/c1-4-17(2)6-5-11-13-10(15)7-9(14)8-12(13)18(3)16-11/h7-8H,4-6H2,1-3H3. The van der Waals surface area contributed by atoms with Gasteiger partial charge in [0.2, 0.25) is 0 Å². The van der Waals surface area contributed by atoms with E-state index in [0.29, 0.717) is 23.0 Å². The molecule has 98 valence electrons. The van der Waals surface area contributed by atoms with E-state index in [2.05, 4.69) is 16.9 Å². The number of hydrogen-bond acceptors (Lipinski definition) is 2. The fourth-order valence-corrected chi connectivity index (χ4v) is 2.02. The summed E-state index contributed by atoms with van der Waals surface area (Å²) >= 11 is 0. The third kappa shape index (κ3) is 2.36. The number of benzene rings is 1. The lowest BCUT2D eigenvalue weighted by Crippen LogP contribution is -2.20. The number of likely N-dealkylation sites (N-methyl/N-ethyl adjacent to an activating group) is 1. The van der Waals surface area contributed by atoms with Gasteiger partial charge in [-0.25, -0.2) is 8.78 Å². The third-order valence-corrected chi connectivity index (χ3v) is 3.21. The molecular formula is C13H17F2N3. The molecule has 0 atom stereocenters. The van der Waals surface area contributed by atoms with Crippen LogP contribution >= 0.6 is 0 Å². The largest absolute Gasteiger partial charge is 0.306 e. The molecule has 0 aliphatic rings. The van der Waals surface area contributed by atoms with E-state index in [4.69, 9.17) is 0 Å². The van der Waals surface area contributed by atoms with Gasteiger partial charge in [0.25, 0.3) is 0 Å². The van der Waals surface area contributed by atoms with Crippen LogP contribution in [0.25, 0.3) is 10.9 Å². The predicted octanol–water partition coefficient (Wildman–Crippen LogP) is 2.35. The molecule has 0 N–H and O–H groups in total. The number of rotatable bonds is 4. The van der Waals surface area contributed by atoms with Gasteiger partial charge in [-0.3, -0.25) is 4.68 Å². The molecule has 1 heterocycles. The first-order valence-corrected chi connectivity index (χ1v) is 6.02. The minimum atomic E-state index is -0.569. The maximum atomic E-state index is 13.8. The van der Waals surface area contributed by atoms with Crippen LogP contribution in [0, 0.1) is 11.6 Å². The Hall–Kier alpha value is -1.49. The molecule has 2 aromatic rings. The molecule has 5 heteroatoms. The van der Waals surface area contributed by atoms with Crippen molar-refractivity contribution in [2.24, 2.45) is 7.05 Å². The lowest BCUT2D eigenvalue weighted by atomic mass is 10.1. The highest BCUT2D eigenvalue weighted by Crippen LogP contribution is 2.23. The van der Waals surface area contributed by atoms with Crippen molar-refractivity contribution in [3.05, 3.63) is 29.5 Å². The fraction of sp³-hybridized carbons (Fsp3) is 0.462. The molecule has 1 aromatic carbocycles. The molecule has 0 bridgehead atoms. The van der Waals surface area contributed by atoms with Crippen molar-refractivity contribution >= 4 is 10.9 Å². The lowest BCUT2D eigenvalue weighted by Gasteiger charge is -2.12. The van der Waals surface area contributed by atoms with Crippen LogP contribution in [0.3, 0.4) is 0 Å². The number of aromatic nitrogens is 2. The molecule has 0 saturated carbocycles. The topological polar surface area (TPSA) is 21.1 Å². The smallest absolute Gasteiger partial charge is 0.137 e. The van der Waals surface area contributed by atoms with Gasteiger partial charge in [-0.2, -0.15) is 5.10 Å². The van der Waals surface area contributed by atoms with E-state index in [9.17, 15) is 8.78 Å². The Balaban J connectivity index is 2.40. The Morgan fingerprint density at radius 3 is 2.72 bits per heavy atom. The second kappa shape index (κ2) is 5.02. The SMILES string of the molecule is CCN(C)CCc1nn(C)c2cc(F)cc(F)c12. The zero-order valence-electron chi connectivity index (χ0n) is 10.9. The molecule has 0 saturated heterocycles. The van der Waals surface area contributed by atoms with Crippen molar-refractivity contribution < 1.29 is 8.78 Å². The first-order valence-electron chi connectivity index (χ1n) is 6.02. The van der Waals surface area contributed by atoms with Crippen molar-refractivity contribution in [1.82, 2.24) is 14.7 Å². The summed E-state index contributed by atoms with van der Waals surface area (Å²) in [5, 5.41) is 4.71. The molecule has 0 amide bonds. The van der Waals surface area contributed by atoms with Gasteiger partial charge in [-0.1, -0.05) is 6.92 Å². The summed E-state index contributed by atoms with van der Waals surface area (Å²) in [7, 11) is 3.70. The van der Waals surface area contributed by atoms with Gasteiger partial charge >= 0.3 is 0 Å². The third-order valence-electron chi connectivity index (χ3n) is 3.21. The van der Waals surface area contributed by atoms with E-state index in [0.717, 1.165) is 19.2 Å². The van der Waals surface area contributed by atoms with Crippen molar-refractivity contribution in [1.29, 1.82) is 0 Å². The van der Waals surface area contributed by atoms with Gasteiger partial charge in [-0.05, 0) is 19.7 Å². The second-order valence-electron chi connectivity index (χ2n) is 4.50.